The minimum absolute atomic E-state index is 0.0167. The molecular weight excluding hydrogens is 419 g/mol. The molecule has 158 valence electrons. The average Bonchev–Trinajstić information content (AvgIpc) is 2.74. The fourth-order valence-corrected chi connectivity index (χ4v) is 2.57. The van der Waals surface area contributed by atoms with Gasteiger partial charge in [-0.25, -0.2) is 4.39 Å². The predicted molar refractivity (Wildman–Crippen MR) is 125 cm³/mol. The minimum atomic E-state index is -0.602. The van der Waals surface area contributed by atoms with Crippen molar-refractivity contribution in [2.45, 2.75) is 19.3 Å². The first-order valence-corrected chi connectivity index (χ1v) is 9.60. The lowest BCUT2D eigenvalue weighted by Gasteiger charge is -2.05. The van der Waals surface area contributed by atoms with Crippen LogP contribution in [-0.4, -0.2) is 42.1 Å². The van der Waals surface area contributed by atoms with Crippen molar-refractivity contribution in [3.8, 4) is 0 Å². The van der Waals surface area contributed by atoms with E-state index in [0.717, 1.165) is 6.21 Å². The molecule has 2 aromatic carbocycles. The van der Waals surface area contributed by atoms with Crippen LogP contribution in [0.3, 0.4) is 0 Å². The van der Waals surface area contributed by atoms with E-state index >= 15 is 0 Å². The topological polar surface area (TPSA) is 126 Å². The third-order valence-electron chi connectivity index (χ3n) is 3.84. The standard InChI is InChI=1S/C22H20ClFN6O/c23-15-3-1-4-17(13-15)30-20(7-10-26)22(27)21(31)8-12-29-19-6-5-16(14-18(19)24)28-11-2-9-25/h1,3-6,9-14,25-27H,2,7-8H2. The lowest BCUT2D eigenvalue weighted by molar-refractivity contribution is -0.111. The van der Waals surface area contributed by atoms with Gasteiger partial charge in [0.25, 0.3) is 0 Å². The Hall–Kier alpha value is -3.65. The van der Waals surface area contributed by atoms with E-state index in [1.165, 1.54) is 30.8 Å². The first-order chi connectivity index (χ1) is 14.9. The highest BCUT2D eigenvalue weighted by Crippen LogP contribution is 2.23. The molecular formula is C22H20ClFN6O. The Labute approximate surface area is 184 Å². The minimum Gasteiger partial charge on any atom is -0.313 e. The van der Waals surface area contributed by atoms with Gasteiger partial charge >= 0.3 is 0 Å². The molecule has 7 nitrogen and oxygen atoms in total. The van der Waals surface area contributed by atoms with E-state index in [4.69, 9.17) is 27.8 Å². The van der Waals surface area contributed by atoms with E-state index < -0.39 is 11.6 Å². The summed E-state index contributed by atoms with van der Waals surface area (Å²) < 4.78 is 14.1. The van der Waals surface area contributed by atoms with Crippen LogP contribution in [0, 0.1) is 22.0 Å². The summed E-state index contributed by atoms with van der Waals surface area (Å²) in [6.45, 7) is 0. The quantitative estimate of drug-likeness (QED) is 0.381. The van der Waals surface area contributed by atoms with Crippen molar-refractivity contribution in [3.63, 3.8) is 0 Å². The molecule has 0 atom stereocenters. The van der Waals surface area contributed by atoms with Gasteiger partial charge in [-0.3, -0.25) is 25.2 Å². The van der Waals surface area contributed by atoms with Crippen LogP contribution >= 0.6 is 11.6 Å². The van der Waals surface area contributed by atoms with Crippen molar-refractivity contribution in [2.75, 3.05) is 0 Å². The smallest absolute Gasteiger partial charge is 0.187 e. The van der Waals surface area contributed by atoms with Crippen molar-refractivity contribution in [3.05, 3.63) is 53.3 Å². The number of nitrogens with zero attached hydrogens (tertiary/aromatic N) is 3. The summed E-state index contributed by atoms with van der Waals surface area (Å²) >= 11 is 5.93. The molecule has 0 aliphatic rings. The highest BCUT2D eigenvalue weighted by molar-refractivity contribution is 6.68. The van der Waals surface area contributed by atoms with Gasteiger partial charge in [0.1, 0.15) is 5.71 Å². The van der Waals surface area contributed by atoms with E-state index in [-0.39, 0.29) is 30.0 Å². The number of carbonyl (C=O) groups is 1. The summed E-state index contributed by atoms with van der Waals surface area (Å²) in [5, 5.41) is 22.8. The summed E-state index contributed by atoms with van der Waals surface area (Å²) in [5.41, 5.74) is 0.698. The molecule has 0 fully saturated rings. The van der Waals surface area contributed by atoms with Gasteiger partial charge in [-0.1, -0.05) is 17.7 Å². The van der Waals surface area contributed by atoms with Gasteiger partial charge in [0.15, 0.2) is 11.6 Å². The maximum Gasteiger partial charge on any atom is 0.187 e. The first kappa shape index (κ1) is 23.6. The monoisotopic (exact) mass is 438 g/mol. The van der Waals surface area contributed by atoms with Gasteiger partial charge in [-0.15, -0.1) is 0 Å². The maximum atomic E-state index is 14.1. The molecule has 0 unspecified atom stereocenters. The van der Waals surface area contributed by atoms with Gasteiger partial charge in [-0.2, -0.15) is 0 Å². The van der Waals surface area contributed by atoms with E-state index in [2.05, 4.69) is 15.0 Å². The van der Waals surface area contributed by atoms with Crippen LogP contribution in [0.1, 0.15) is 19.3 Å². The summed E-state index contributed by atoms with van der Waals surface area (Å²) in [5.74, 6) is -1.16. The molecule has 3 N–H and O–H groups in total. The molecule has 0 spiro atoms. The zero-order valence-electron chi connectivity index (χ0n) is 16.5. The third-order valence-corrected chi connectivity index (χ3v) is 4.07. The predicted octanol–water partition coefficient (Wildman–Crippen LogP) is 5.71. The molecule has 0 bridgehead atoms. The summed E-state index contributed by atoms with van der Waals surface area (Å²) in [7, 11) is 0. The second kappa shape index (κ2) is 12.1. The zero-order valence-corrected chi connectivity index (χ0v) is 17.2. The number of benzene rings is 2. The second-order valence-electron chi connectivity index (χ2n) is 6.15. The van der Waals surface area contributed by atoms with Crippen LogP contribution < -0.4 is 0 Å². The molecule has 0 saturated carbocycles. The van der Waals surface area contributed by atoms with Crippen LogP contribution in [0.4, 0.5) is 21.5 Å². The highest BCUT2D eigenvalue weighted by atomic mass is 35.5. The normalized spacial score (nSPS) is 11.7. The molecule has 0 aliphatic heterocycles. The molecule has 0 amide bonds. The number of nitrogens with one attached hydrogen (secondary N) is 3. The van der Waals surface area contributed by atoms with E-state index in [9.17, 15) is 9.18 Å². The number of halogens is 2. The number of ketones is 1. The largest absolute Gasteiger partial charge is 0.313 e. The third kappa shape index (κ3) is 7.60. The van der Waals surface area contributed by atoms with Crippen molar-refractivity contribution >= 4 is 70.7 Å². The fourth-order valence-electron chi connectivity index (χ4n) is 2.38. The van der Waals surface area contributed by atoms with E-state index in [1.54, 1.807) is 30.3 Å². The zero-order chi connectivity index (χ0) is 22.6. The first-order valence-electron chi connectivity index (χ1n) is 9.22. The van der Waals surface area contributed by atoms with Crippen LogP contribution in [0.2, 0.25) is 5.02 Å². The number of hydrogen-bond acceptors (Lipinski definition) is 7. The summed E-state index contributed by atoms with van der Waals surface area (Å²) in [4.78, 5) is 24.6. The molecule has 2 aromatic rings. The molecule has 0 aromatic heterocycles. The lowest BCUT2D eigenvalue weighted by atomic mass is 10.1. The summed E-state index contributed by atoms with van der Waals surface area (Å²) in [6.07, 6.45) is 5.12. The van der Waals surface area contributed by atoms with Gasteiger partial charge in [0, 0.05) is 55.2 Å². The van der Waals surface area contributed by atoms with E-state index in [0.29, 0.717) is 22.8 Å². The van der Waals surface area contributed by atoms with Crippen molar-refractivity contribution < 1.29 is 9.18 Å². The van der Waals surface area contributed by atoms with Crippen LogP contribution in [-0.2, 0) is 4.79 Å². The number of hydrogen-bond donors (Lipinski definition) is 3. The van der Waals surface area contributed by atoms with Crippen LogP contribution in [0.25, 0.3) is 0 Å². The number of carbonyl (C=O) groups excluding carboxylic acids is 1. The van der Waals surface area contributed by atoms with Gasteiger partial charge in [0.2, 0.25) is 0 Å². The van der Waals surface area contributed by atoms with Gasteiger partial charge < -0.3 is 10.8 Å². The number of aliphatic imine (C=N–C) groups is 3. The Bertz CT molecular complexity index is 1080. The van der Waals surface area contributed by atoms with Crippen molar-refractivity contribution in [1.82, 2.24) is 0 Å². The van der Waals surface area contributed by atoms with Crippen LogP contribution in [0.15, 0.2) is 57.4 Å². The molecule has 0 saturated heterocycles. The van der Waals surface area contributed by atoms with Crippen molar-refractivity contribution in [2.24, 2.45) is 15.0 Å². The maximum absolute atomic E-state index is 14.1. The number of rotatable bonds is 11. The van der Waals surface area contributed by atoms with Crippen molar-refractivity contribution in [1.29, 1.82) is 16.2 Å². The Kier molecular flexibility index (Phi) is 9.25. The van der Waals surface area contributed by atoms with E-state index in [1.807, 2.05) is 0 Å². The molecule has 0 heterocycles. The SMILES string of the molecule is N=CCC=Nc1ccc(N=CCC(=O)C(=N)C(CC=N)=Nc2cccc(Cl)c2)c(F)c1. The molecule has 9 heteroatoms. The van der Waals surface area contributed by atoms with Crippen LogP contribution in [0.5, 0.6) is 0 Å². The Morgan fingerprint density at radius 3 is 2.48 bits per heavy atom. The molecule has 2 rings (SSSR count). The fraction of sp³-hybridized carbons (Fsp3) is 0.136. The average molecular weight is 439 g/mol. The molecule has 0 aliphatic carbocycles. The molecule has 0 radical (unpaired) electrons. The number of Topliss-reactive ketones (excluding diaryl/α,β-unsaturated/α-hetero) is 1. The molecule has 31 heavy (non-hydrogen) atoms. The van der Waals surface area contributed by atoms with Gasteiger partial charge in [-0.05, 0) is 30.3 Å². The Morgan fingerprint density at radius 2 is 1.81 bits per heavy atom. The Morgan fingerprint density at radius 1 is 1.00 bits per heavy atom. The Balaban J connectivity index is 2.07. The summed E-state index contributed by atoms with van der Waals surface area (Å²) in [6, 6.07) is 10.8. The highest BCUT2D eigenvalue weighted by Gasteiger charge is 2.15. The lowest BCUT2D eigenvalue weighted by Crippen LogP contribution is -2.23. The second-order valence-corrected chi connectivity index (χ2v) is 6.58. The van der Waals surface area contributed by atoms with Gasteiger partial charge in [0.05, 0.1) is 22.8 Å².